The standard InChI is InChI=1S/C13H12ClFN2O/c1-18-10-4-9(6-17-7-10)13(16)8-2-3-12(15)11(14)5-8/h2-7,13H,16H2,1H3. The van der Waals surface area contributed by atoms with Crippen LogP contribution < -0.4 is 10.5 Å². The lowest BCUT2D eigenvalue weighted by atomic mass is 10.0. The van der Waals surface area contributed by atoms with Gasteiger partial charge in [-0.2, -0.15) is 0 Å². The fraction of sp³-hybridized carbons (Fsp3) is 0.154. The van der Waals surface area contributed by atoms with E-state index in [2.05, 4.69) is 4.98 Å². The molecule has 0 bridgehead atoms. The molecule has 0 amide bonds. The summed E-state index contributed by atoms with van der Waals surface area (Å²) in [6.45, 7) is 0. The third-order valence-corrected chi connectivity index (χ3v) is 2.92. The van der Waals surface area contributed by atoms with Crippen molar-refractivity contribution in [2.45, 2.75) is 6.04 Å². The van der Waals surface area contributed by atoms with Gasteiger partial charge in [0.15, 0.2) is 0 Å². The number of pyridine rings is 1. The van der Waals surface area contributed by atoms with E-state index in [1.165, 1.54) is 12.1 Å². The Morgan fingerprint density at radius 1 is 1.28 bits per heavy atom. The highest BCUT2D eigenvalue weighted by atomic mass is 35.5. The van der Waals surface area contributed by atoms with E-state index in [1.807, 2.05) is 0 Å². The lowest BCUT2D eigenvalue weighted by Gasteiger charge is -2.13. The van der Waals surface area contributed by atoms with Crippen LogP contribution in [0, 0.1) is 5.82 Å². The average molecular weight is 267 g/mol. The molecule has 0 aliphatic carbocycles. The van der Waals surface area contributed by atoms with Crippen molar-refractivity contribution >= 4 is 11.6 Å². The molecule has 0 aliphatic rings. The van der Waals surface area contributed by atoms with E-state index in [9.17, 15) is 4.39 Å². The highest BCUT2D eigenvalue weighted by molar-refractivity contribution is 6.30. The quantitative estimate of drug-likeness (QED) is 0.929. The van der Waals surface area contributed by atoms with Crippen LogP contribution in [-0.2, 0) is 0 Å². The second-order valence-corrected chi connectivity index (χ2v) is 4.22. The van der Waals surface area contributed by atoms with Gasteiger partial charge < -0.3 is 10.5 Å². The minimum absolute atomic E-state index is 0.0544. The number of hydrogen-bond donors (Lipinski definition) is 1. The molecule has 18 heavy (non-hydrogen) atoms. The van der Waals surface area contributed by atoms with Crippen LogP contribution in [0.5, 0.6) is 5.75 Å². The van der Waals surface area contributed by atoms with Crippen molar-refractivity contribution in [3.8, 4) is 5.75 Å². The van der Waals surface area contributed by atoms with Crippen molar-refractivity contribution in [2.24, 2.45) is 5.73 Å². The van der Waals surface area contributed by atoms with Gasteiger partial charge in [0.2, 0.25) is 0 Å². The van der Waals surface area contributed by atoms with Gasteiger partial charge in [0.1, 0.15) is 11.6 Å². The van der Waals surface area contributed by atoms with Gasteiger partial charge in [-0.15, -0.1) is 0 Å². The average Bonchev–Trinajstić information content (AvgIpc) is 2.41. The van der Waals surface area contributed by atoms with Gasteiger partial charge >= 0.3 is 0 Å². The van der Waals surface area contributed by atoms with Crippen LogP contribution in [-0.4, -0.2) is 12.1 Å². The molecule has 1 aromatic carbocycles. The first-order valence-electron chi connectivity index (χ1n) is 5.31. The minimum atomic E-state index is -0.462. The number of halogens is 2. The van der Waals surface area contributed by atoms with Crippen LogP contribution in [0.1, 0.15) is 17.2 Å². The maximum absolute atomic E-state index is 13.1. The highest BCUT2D eigenvalue weighted by Gasteiger charge is 2.12. The maximum atomic E-state index is 13.1. The molecule has 94 valence electrons. The number of rotatable bonds is 3. The molecule has 2 rings (SSSR count). The van der Waals surface area contributed by atoms with Crippen LogP contribution in [0.15, 0.2) is 36.7 Å². The molecular weight excluding hydrogens is 255 g/mol. The largest absolute Gasteiger partial charge is 0.495 e. The second-order valence-electron chi connectivity index (χ2n) is 3.81. The molecule has 0 saturated carbocycles. The minimum Gasteiger partial charge on any atom is -0.495 e. The second kappa shape index (κ2) is 5.33. The maximum Gasteiger partial charge on any atom is 0.141 e. The van der Waals surface area contributed by atoms with Gasteiger partial charge in [0, 0.05) is 6.20 Å². The Labute approximate surface area is 109 Å². The summed E-state index contributed by atoms with van der Waals surface area (Å²) in [5.74, 6) is 0.160. The van der Waals surface area contributed by atoms with E-state index < -0.39 is 11.9 Å². The molecule has 1 heterocycles. The molecule has 2 N–H and O–H groups in total. The number of benzene rings is 1. The highest BCUT2D eigenvalue weighted by Crippen LogP contribution is 2.25. The molecule has 5 heteroatoms. The Morgan fingerprint density at radius 2 is 2.06 bits per heavy atom. The summed E-state index contributed by atoms with van der Waals surface area (Å²) >= 11 is 5.73. The lowest BCUT2D eigenvalue weighted by molar-refractivity contribution is 0.412. The fourth-order valence-corrected chi connectivity index (χ4v) is 1.80. The van der Waals surface area contributed by atoms with Gasteiger partial charge in [-0.1, -0.05) is 17.7 Å². The predicted molar refractivity (Wildman–Crippen MR) is 68.2 cm³/mol. The number of aromatic nitrogens is 1. The summed E-state index contributed by atoms with van der Waals surface area (Å²) in [4.78, 5) is 4.03. The number of hydrogen-bond acceptors (Lipinski definition) is 3. The van der Waals surface area contributed by atoms with E-state index in [0.29, 0.717) is 5.75 Å². The third-order valence-electron chi connectivity index (χ3n) is 2.63. The van der Waals surface area contributed by atoms with Crippen LogP contribution >= 0.6 is 11.6 Å². The van der Waals surface area contributed by atoms with Gasteiger partial charge in [-0.05, 0) is 29.3 Å². The third kappa shape index (κ3) is 2.60. The molecule has 1 aromatic heterocycles. The summed E-state index contributed by atoms with van der Waals surface area (Å²) in [6, 6.07) is 5.78. The smallest absolute Gasteiger partial charge is 0.141 e. The zero-order chi connectivity index (χ0) is 13.1. The predicted octanol–water partition coefficient (Wildman–Crippen LogP) is 2.93. The number of nitrogens with zero attached hydrogens (tertiary/aromatic N) is 1. The molecule has 0 saturated heterocycles. The summed E-state index contributed by atoms with van der Waals surface area (Å²) in [5, 5.41) is 0.0544. The molecule has 1 atom stereocenters. The Hall–Kier alpha value is -1.65. The van der Waals surface area contributed by atoms with Crippen molar-refractivity contribution in [2.75, 3.05) is 7.11 Å². The van der Waals surface area contributed by atoms with E-state index in [-0.39, 0.29) is 5.02 Å². The summed E-state index contributed by atoms with van der Waals surface area (Å²) < 4.78 is 18.2. The number of methoxy groups -OCH3 is 1. The summed E-state index contributed by atoms with van der Waals surface area (Å²) in [6.07, 6.45) is 3.23. The molecule has 0 aliphatic heterocycles. The Kier molecular flexibility index (Phi) is 3.79. The molecule has 1 unspecified atom stereocenters. The van der Waals surface area contributed by atoms with E-state index in [4.69, 9.17) is 22.1 Å². The van der Waals surface area contributed by atoms with Gasteiger partial charge in [0.05, 0.1) is 24.4 Å². The Bertz CT molecular complexity index is 562. The van der Waals surface area contributed by atoms with Crippen LogP contribution in [0.25, 0.3) is 0 Å². The lowest BCUT2D eigenvalue weighted by Crippen LogP contribution is -2.12. The van der Waals surface area contributed by atoms with E-state index in [1.54, 1.807) is 31.6 Å². The topological polar surface area (TPSA) is 48.1 Å². The zero-order valence-corrected chi connectivity index (χ0v) is 10.5. The Balaban J connectivity index is 2.34. The van der Waals surface area contributed by atoms with Crippen molar-refractivity contribution < 1.29 is 9.13 Å². The van der Waals surface area contributed by atoms with Gasteiger partial charge in [0.25, 0.3) is 0 Å². The molecule has 2 aromatic rings. The molecule has 0 radical (unpaired) electrons. The zero-order valence-electron chi connectivity index (χ0n) is 9.73. The van der Waals surface area contributed by atoms with Crippen LogP contribution in [0.3, 0.4) is 0 Å². The number of nitrogens with two attached hydrogens (primary N) is 1. The Morgan fingerprint density at radius 3 is 2.72 bits per heavy atom. The number of ether oxygens (including phenoxy) is 1. The molecule has 3 nitrogen and oxygen atoms in total. The molecule has 0 fully saturated rings. The van der Waals surface area contributed by atoms with Gasteiger partial charge in [-0.3, -0.25) is 4.98 Å². The first-order valence-corrected chi connectivity index (χ1v) is 5.69. The summed E-state index contributed by atoms with van der Waals surface area (Å²) in [5.41, 5.74) is 7.58. The van der Waals surface area contributed by atoms with E-state index in [0.717, 1.165) is 11.1 Å². The van der Waals surface area contributed by atoms with Gasteiger partial charge in [-0.25, -0.2) is 4.39 Å². The first kappa shape index (κ1) is 12.8. The SMILES string of the molecule is COc1cncc(C(N)c2ccc(F)c(Cl)c2)c1. The summed E-state index contributed by atoms with van der Waals surface area (Å²) in [7, 11) is 1.56. The molecular formula is C13H12ClFN2O. The van der Waals surface area contributed by atoms with Crippen molar-refractivity contribution in [3.05, 3.63) is 58.6 Å². The fourth-order valence-electron chi connectivity index (χ4n) is 1.62. The van der Waals surface area contributed by atoms with Crippen LogP contribution in [0.2, 0.25) is 5.02 Å². The van der Waals surface area contributed by atoms with Crippen molar-refractivity contribution in [3.63, 3.8) is 0 Å². The monoisotopic (exact) mass is 266 g/mol. The van der Waals surface area contributed by atoms with Crippen molar-refractivity contribution in [1.29, 1.82) is 0 Å². The van der Waals surface area contributed by atoms with E-state index >= 15 is 0 Å². The molecule has 0 spiro atoms. The first-order chi connectivity index (χ1) is 8.61. The normalized spacial score (nSPS) is 12.2. The van der Waals surface area contributed by atoms with Crippen LogP contribution in [0.4, 0.5) is 4.39 Å². The van der Waals surface area contributed by atoms with Crippen molar-refractivity contribution in [1.82, 2.24) is 4.98 Å².